The minimum atomic E-state index is -0.230. The van der Waals surface area contributed by atoms with E-state index in [4.69, 9.17) is 14.2 Å². The predicted octanol–water partition coefficient (Wildman–Crippen LogP) is 3.42. The van der Waals surface area contributed by atoms with E-state index in [0.29, 0.717) is 22.8 Å². The van der Waals surface area contributed by atoms with Gasteiger partial charge in [0.15, 0.2) is 4.80 Å². The first kappa shape index (κ1) is 19.0. The van der Waals surface area contributed by atoms with Crippen LogP contribution in [0.3, 0.4) is 0 Å². The van der Waals surface area contributed by atoms with Crippen LogP contribution < -0.4 is 19.0 Å². The Kier molecular flexibility index (Phi) is 5.81. The molecule has 0 fully saturated rings. The summed E-state index contributed by atoms with van der Waals surface area (Å²) in [5.41, 5.74) is 1.73. The summed E-state index contributed by atoms with van der Waals surface area (Å²) in [6, 6.07) is 11.2. The molecule has 0 bridgehead atoms. The lowest BCUT2D eigenvalue weighted by molar-refractivity contribution is -0.117. The smallest absolute Gasteiger partial charge is 0.252 e. The third-order valence-corrected chi connectivity index (χ3v) is 5.30. The van der Waals surface area contributed by atoms with Crippen molar-refractivity contribution in [2.24, 2.45) is 4.99 Å². The number of methoxy groups -OCH3 is 3. The maximum atomic E-state index is 12.6. The number of ether oxygens (including phenoxy) is 3. The molecule has 3 aromatic rings. The number of hydrogen-bond acceptors (Lipinski definition) is 5. The molecule has 27 heavy (non-hydrogen) atoms. The fraction of sp³-hybridized carbons (Fsp3) is 0.300. The van der Waals surface area contributed by atoms with Gasteiger partial charge in [0.1, 0.15) is 22.8 Å². The van der Waals surface area contributed by atoms with Gasteiger partial charge in [0.2, 0.25) is 0 Å². The maximum absolute atomic E-state index is 12.6. The second-order valence-electron chi connectivity index (χ2n) is 5.80. The van der Waals surface area contributed by atoms with Crippen LogP contribution in [0.15, 0.2) is 41.4 Å². The Hall–Kier alpha value is -2.80. The largest absolute Gasteiger partial charge is 0.497 e. The topological polar surface area (TPSA) is 62.1 Å². The van der Waals surface area contributed by atoms with Gasteiger partial charge in [0.05, 0.1) is 32.5 Å². The molecule has 1 aromatic heterocycles. The molecule has 142 valence electrons. The van der Waals surface area contributed by atoms with E-state index in [0.717, 1.165) is 21.5 Å². The molecule has 0 atom stereocenters. The summed E-state index contributed by atoms with van der Waals surface area (Å²) >= 11 is 1.48. The highest BCUT2D eigenvalue weighted by molar-refractivity contribution is 7.16. The van der Waals surface area contributed by atoms with E-state index >= 15 is 0 Å². The zero-order valence-corrected chi connectivity index (χ0v) is 16.6. The lowest BCUT2D eigenvalue weighted by Gasteiger charge is -2.09. The normalized spacial score (nSPS) is 11.6. The summed E-state index contributed by atoms with van der Waals surface area (Å²) in [6.45, 7) is 2.72. The van der Waals surface area contributed by atoms with Gasteiger partial charge < -0.3 is 18.8 Å². The molecule has 0 saturated carbocycles. The highest BCUT2D eigenvalue weighted by Crippen LogP contribution is 2.27. The van der Waals surface area contributed by atoms with Crippen LogP contribution >= 0.6 is 11.3 Å². The highest BCUT2D eigenvalue weighted by Gasteiger charge is 2.13. The second-order valence-corrected chi connectivity index (χ2v) is 6.81. The number of thiazole rings is 1. The number of rotatable bonds is 6. The summed E-state index contributed by atoms with van der Waals surface area (Å²) in [7, 11) is 4.81. The van der Waals surface area contributed by atoms with Gasteiger partial charge in [-0.25, -0.2) is 0 Å². The molecule has 6 nitrogen and oxygen atoms in total. The Morgan fingerprint density at radius 2 is 1.85 bits per heavy atom. The van der Waals surface area contributed by atoms with Crippen molar-refractivity contribution in [3.05, 3.63) is 46.8 Å². The first-order valence-electron chi connectivity index (χ1n) is 8.56. The molecule has 0 N–H and O–H groups in total. The Morgan fingerprint density at radius 3 is 2.52 bits per heavy atom. The second kappa shape index (κ2) is 8.26. The number of amides is 1. The van der Waals surface area contributed by atoms with Crippen molar-refractivity contribution in [3.63, 3.8) is 0 Å². The third-order valence-electron chi connectivity index (χ3n) is 4.26. The standard InChI is InChI=1S/C20H22N2O4S/c1-5-22-19-15(25-3)7-6-8-17(19)27-20(22)21-18(23)11-13-9-10-14(24-2)12-16(13)26-4/h6-10,12H,5,11H2,1-4H3. The molecule has 7 heteroatoms. The number of aromatic nitrogens is 1. The number of para-hydroxylation sites is 1. The van der Waals surface area contributed by atoms with Crippen LogP contribution in [0.1, 0.15) is 12.5 Å². The molecule has 0 unspecified atom stereocenters. The Bertz CT molecular complexity index is 1040. The van der Waals surface area contributed by atoms with Crippen molar-refractivity contribution >= 4 is 27.5 Å². The van der Waals surface area contributed by atoms with Gasteiger partial charge in [0.25, 0.3) is 5.91 Å². The number of benzene rings is 2. The number of carbonyl (C=O) groups is 1. The summed E-state index contributed by atoms with van der Waals surface area (Å²) in [5, 5.41) is 0. The number of fused-ring (bicyclic) bond motifs is 1. The van der Waals surface area contributed by atoms with Gasteiger partial charge in [-0.05, 0) is 25.1 Å². The number of aryl methyl sites for hydroxylation is 1. The molecule has 0 aliphatic heterocycles. The van der Waals surface area contributed by atoms with Crippen molar-refractivity contribution in [2.45, 2.75) is 19.9 Å². The SMILES string of the molecule is CCn1c(=NC(=O)Cc2ccc(OC)cc2OC)sc2cccc(OC)c21. The minimum absolute atomic E-state index is 0.155. The summed E-state index contributed by atoms with van der Waals surface area (Å²) in [5.74, 6) is 1.84. The van der Waals surface area contributed by atoms with E-state index in [1.54, 1.807) is 27.4 Å². The van der Waals surface area contributed by atoms with Crippen molar-refractivity contribution in [1.29, 1.82) is 0 Å². The number of nitrogens with zero attached hydrogens (tertiary/aromatic N) is 2. The molecule has 0 aliphatic rings. The molecule has 1 amide bonds. The molecular weight excluding hydrogens is 364 g/mol. The first-order chi connectivity index (χ1) is 13.1. The summed E-state index contributed by atoms with van der Waals surface area (Å²) < 4.78 is 19.1. The molecule has 0 aliphatic carbocycles. The van der Waals surface area contributed by atoms with Crippen LogP contribution in [-0.2, 0) is 17.8 Å². The Morgan fingerprint density at radius 1 is 1.07 bits per heavy atom. The van der Waals surface area contributed by atoms with E-state index in [-0.39, 0.29) is 12.3 Å². The molecule has 0 saturated heterocycles. The van der Waals surface area contributed by atoms with Crippen molar-refractivity contribution in [1.82, 2.24) is 4.57 Å². The van der Waals surface area contributed by atoms with Crippen LogP contribution in [0.25, 0.3) is 10.2 Å². The summed E-state index contributed by atoms with van der Waals surface area (Å²) in [4.78, 5) is 17.6. The quantitative estimate of drug-likeness (QED) is 0.651. The number of carbonyl (C=O) groups excluding carboxylic acids is 1. The van der Waals surface area contributed by atoms with Crippen LogP contribution in [0.4, 0.5) is 0 Å². The lowest BCUT2D eigenvalue weighted by atomic mass is 10.1. The van der Waals surface area contributed by atoms with E-state index in [1.807, 2.05) is 41.8 Å². The fourth-order valence-corrected chi connectivity index (χ4v) is 4.08. The first-order valence-corrected chi connectivity index (χ1v) is 9.37. The monoisotopic (exact) mass is 386 g/mol. The van der Waals surface area contributed by atoms with Gasteiger partial charge in [-0.3, -0.25) is 4.79 Å². The molecule has 0 spiro atoms. The highest BCUT2D eigenvalue weighted by atomic mass is 32.1. The summed E-state index contributed by atoms with van der Waals surface area (Å²) in [6.07, 6.45) is 0.155. The average molecular weight is 386 g/mol. The van der Waals surface area contributed by atoms with Crippen LogP contribution in [0.5, 0.6) is 17.2 Å². The zero-order valence-electron chi connectivity index (χ0n) is 15.8. The van der Waals surface area contributed by atoms with Gasteiger partial charge in [-0.2, -0.15) is 4.99 Å². The van der Waals surface area contributed by atoms with Crippen LogP contribution in [0, 0.1) is 0 Å². The van der Waals surface area contributed by atoms with Crippen molar-refractivity contribution < 1.29 is 19.0 Å². The van der Waals surface area contributed by atoms with Crippen LogP contribution in [0.2, 0.25) is 0 Å². The average Bonchev–Trinajstić information content (AvgIpc) is 3.04. The molecule has 2 aromatic carbocycles. The molecule has 3 rings (SSSR count). The van der Waals surface area contributed by atoms with Gasteiger partial charge in [-0.15, -0.1) is 0 Å². The lowest BCUT2D eigenvalue weighted by Crippen LogP contribution is -2.17. The predicted molar refractivity (Wildman–Crippen MR) is 106 cm³/mol. The van der Waals surface area contributed by atoms with Gasteiger partial charge in [0, 0.05) is 18.2 Å². The zero-order chi connectivity index (χ0) is 19.4. The van der Waals surface area contributed by atoms with Crippen molar-refractivity contribution in [2.75, 3.05) is 21.3 Å². The Labute approximate surface area is 161 Å². The Balaban J connectivity index is 1.99. The van der Waals surface area contributed by atoms with E-state index in [2.05, 4.69) is 4.99 Å². The molecular formula is C20H22N2O4S. The van der Waals surface area contributed by atoms with Gasteiger partial charge >= 0.3 is 0 Å². The third kappa shape index (κ3) is 3.83. The fourth-order valence-electron chi connectivity index (χ4n) is 2.95. The van der Waals surface area contributed by atoms with Gasteiger partial charge in [-0.1, -0.05) is 23.5 Å². The number of hydrogen-bond donors (Lipinski definition) is 0. The van der Waals surface area contributed by atoms with E-state index in [1.165, 1.54) is 11.3 Å². The maximum Gasteiger partial charge on any atom is 0.252 e. The van der Waals surface area contributed by atoms with Crippen molar-refractivity contribution in [3.8, 4) is 17.2 Å². The molecule has 1 heterocycles. The molecule has 0 radical (unpaired) electrons. The van der Waals surface area contributed by atoms with Crippen LogP contribution in [-0.4, -0.2) is 31.8 Å². The van der Waals surface area contributed by atoms with E-state index < -0.39 is 0 Å². The van der Waals surface area contributed by atoms with E-state index in [9.17, 15) is 4.79 Å². The minimum Gasteiger partial charge on any atom is -0.497 e.